The van der Waals surface area contributed by atoms with E-state index in [4.69, 9.17) is 9.15 Å². The zero-order valence-electron chi connectivity index (χ0n) is 12.6. The molecule has 0 spiro atoms. The third kappa shape index (κ3) is 2.63. The van der Waals surface area contributed by atoms with Crippen molar-refractivity contribution in [3.8, 4) is 23.0 Å². The van der Waals surface area contributed by atoms with E-state index in [-0.39, 0.29) is 11.8 Å². The van der Waals surface area contributed by atoms with Gasteiger partial charge in [-0.25, -0.2) is 4.98 Å². The van der Waals surface area contributed by atoms with Crippen molar-refractivity contribution in [3.63, 3.8) is 0 Å². The van der Waals surface area contributed by atoms with Gasteiger partial charge in [-0.2, -0.15) is 0 Å². The van der Waals surface area contributed by atoms with Crippen LogP contribution in [0.5, 0.6) is 11.5 Å². The lowest BCUT2D eigenvalue weighted by molar-refractivity contribution is 0.419. The van der Waals surface area contributed by atoms with E-state index in [1.54, 1.807) is 31.4 Å². The summed E-state index contributed by atoms with van der Waals surface area (Å²) in [5.74, 6) is 1.25. The van der Waals surface area contributed by atoms with E-state index in [2.05, 4.69) is 20.5 Å². The van der Waals surface area contributed by atoms with Crippen LogP contribution in [0.25, 0.3) is 21.7 Å². The minimum absolute atomic E-state index is 0.181. The van der Waals surface area contributed by atoms with Crippen molar-refractivity contribution < 1.29 is 14.3 Å². The number of anilines is 2. The van der Waals surface area contributed by atoms with Gasteiger partial charge in [0.1, 0.15) is 17.0 Å². The van der Waals surface area contributed by atoms with Crippen LogP contribution in [0.1, 0.15) is 0 Å². The molecule has 2 N–H and O–H groups in total. The van der Waals surface area contributed by atoms with Crippen molar-refractivity contribution in [2.24, 2.45) is 0 Å². The number of nitrogens with one attached hydrogen (secondary N) is 1. The second-order valence-electron chi connectivity index (χ2n) is 4.91. The molecule has 0 fully saturated rings. The van der Waals surface area contributed by atoms with Gasteiger partial charge in [-0.15, -0.1) is 5.10 Å². The molecule has 4 rings (SSSR count). The normalized spacial score (nSPS) is 10.9. The average Bonchev–Trinajstić information content (AvgIpc) is 3.22. The number of phenolic OH excluding ortho intramolecular Hbond substituents is 1. The Hall–Kier alpha value is -3.13. The number of fused-ring (bicyclic) bond motifs is 1. The van der Waals surface area contributed by atoms with Gasteiger partial charge in [0, 0.05) is 5.56 Å². The first-order valence-corrected chi connectivity index (χ1v) is 7.88. The molecule has 4 aromatic rings. The maximum Gasteiger partial charge on any atom is 0.322 e. The van der Waals surface area contributed by atoms with E-state index in [9.17, 15) is 5.11 Å². The Morgan fingerprint density at radius 2 is 1.96 bits per heavy atom. The van der Waals surface area contributed by atoms with E-state index in [1.807, 2.05) is 18.2 Å². The predicted molar refractivity (Wildman–Crippen MR) is 90.9 cm³/mol. The fourth-order valence-corrected chi connectivity index (χ4v) is 3.10. The number of ether oxygens (including phenoxy) is 1. The summed E-state index contributed by atoms with van der Waals surface area (Å²) < 4.78 is 11.9. The van der Waals surface area contributed by atoms with E-state index in [0.29, 0.717) is 16.8 Å². The topological polar surface area (TPSA) is 93.3 Å². The molecule has 2 heterocycles. The number of hydrogen-bond acceptors (Lipinski definition) is 8. The summed E-state index contributed by atoms with van der Waals surface area (Å²) in [6.07, 6.45) is 0. The summed E-state index contributed by atoms with van der Waals surface area (Å²) in [4.78, 5) is 4.49. The largest absolute Gasteiger partial charge is 0.508 e. The molecule has 24 heavy (non-hydrogen) atoms. The molecule has 0 unspecified atom stereocenters. The first kappa shape index (κ1) is 14.5. The molecule has 0 amide bonds. The molecule has 0 saturated carbocycles. The molecule has 0 atom stereocenters. The van der Waals surface area contributed by atoms with Gasteiger partial charge in [-0.3, -0.25) is 5.32 Å². The molecule has 2 aromatic carbocycles. The summed E-state index contributed by atoms with van der Waals surface area (Å²) in [6, 6.07) is 12.5. The second kappa shape index (κ2) is 5.82. The number of para-hydroxylation sites is 1. The molecule has 0 saturated heterocycles. The van der Waals surface area contributed by atoms with Crippen LogP contribution in [0.2, 0.25) is 0 Å². The number of aromatic nitrogens is 3. The van der Waals surface area contributed by atoms with E-state index in [0.717, 1.165) is 15.8 Å². The van der Waals surface area contributed by atoms with Crippen LogP contribution >= 0.6 is 11.3 Å². The van der Waals surface area contributed by atoms with Gasteiger partial charge in [-0.1, -0.05) is 22.5 Å². The Morgan fingerprint density at radius 3 is 2.75 bits per heavy atom. The van der Waals surface area contributed by atoms with Gasteiger partial charge in [0.15, 0.2) is 5.13 Å². The van der Waals surface area contributed by atoms with Crippen LogP contribution in [-0.4, -0.2) is 27.4 Å². The number of hydrogen-bond donors (Lipinski definition) is 2. The molecule has 0 bridgehead atoms. The van der Waals surface area contributed by atoms with Crippen LogP contribution in [0.4, 0.5) is 11.1 Å². The summed E-state index contributed by atoms with van der Waals surface area (Å²) in [5, 5.41) is 20.9. The lowest BCUT2D eigenvalue weighted by Gasteiger charge is -1.98. The Morgan fingerprint density at radius 1 is 1.12 bits per heavy atom. The first-order chi connectivity index (χ1) is 11.7. The van der Waals surface area contributed by atoms with Crippen LogP contribution in [0.15, 0.2) is 46.9 Å². The average molecular weight is 340 g/mol. The monoisotopic (exact) mass is 340 g/mol. The number of nitrogens with zero attached hydrogens (tertiary/aromatic N) is 3. The highest BCUT2D eigenvalue weighted by Gasteiger charge is 2.12. The molecule has 2 aromatic heterocycles. The predicted octanol–water partition coefficient (Wildman–Crippen LogP) is 3.80. The molecule has 120 valence electrons. The van der Waals surface area contributed by atoms with Crippen molar-refractivity contribution >= 4 is 32.7 Å². The number of rotatable bonds is 4. The van der Waals surface area contributed by atoms with Crippen LogP contribution in [0.3, 0.4) is 0 Å². The molecular weight excluding hydrogens is 328 g/mol. The van der Waals surface area contributed by atoms with Crippen LogP contribution in [-0.2, 0) is 0 Å². The quantitative estimate of drug-likeness (QED) is 0.583. The van der Waals surface area contributed by atoms with Gasteiger partial charge >= 0.3 is 6.01 Å². The van der Waals surface area contributed by atoms with E-state index >= 15 is 0 Å². The smallest absolute Gasteiger partial charge is 0.322 e. The summed E-state index contributed by atoms with van der Waals surface area (Å²) in [7, 11) is 1.61. The molecule has 8 heteroatoms. The SMILES string of the molecule is COc1cccc2sc(Nc3nnc(-c4ccc(O)cc4)o3)nc12. The number of thiazole rings is 1. The van der Waals surface area contributed by atoms with Crippen molar-refractivity contribution in [2.75, 3.05) is 12.4 Å². The number of phenols is 1. The van der Waals surface area contributed by atoms with Crippen molar-refractivity contribution in [1.82, 2.24) is 15.2 Å². The molecule has 0 aliphatic heterocycles. The van der Waals surface area contributed by atoms with Gasteiger partial charge in [0.25, 0.3) is 0 Å². The third-order valence-corrected chi connectivity index (χ3v) is 4.29. The maximum atomic E-state index is 9.32. The molecule has 0 aliphatic carbocycles. The van der Waals surface area contributed by atoms with Gasteiger partial charge in [0.2, 0.25) is 5.89 Å². The number of benzene rings is 2. The zero-order chi connectivity index (χ0) is 16.5. The first-order valence-electron chi connectivity index (χ1n) is 7.06. The highest BCUT2D eigenvalue weighted by molar-refractivity contribution is 7.22. The van der Waals surface area contributed by atoms with Gasteiger partial charge in [-0.05, 0) is 36.4 Å². The highest BCUT2D eigenvalue weighted by atomic mass is 32.1. The minimum atomic E-state index is 0.181. The fourth-order valence-electron chi connectivity index (χ4n) is 2.23. The van der Waals surface area contributed by atoms with Crippen molar-refractivity contribution in [2.45, 2.75) is 0 Å². The molecule has 0 radical (unpaired) electrons. The Balaban J connectivity index is 1.61. The standard InChI is InChI=1S/C16H12N4O3S/c1-22-11-3-2-4-12-13(11)17-16(24-12)18-15-20-19-14(23-15)9-5-7-10(21)8-6-9/h2-8,21H,1H3,(H,17,18,20). The summed E-state index contributed by atoms with van der Waals surface area (Å²) in [6.45, 7) is 0. The van der Waals surface area contributed by atoms with Crippen molar-refractivity contribution in [3.05, 3.63) is 42.5 Å². The van der Waals surface area contributed by atoms with Crippen LogP contribution in [0, 0.1) is 0 Å². The lowest BCUT2D eigenvalue weighted by Crippen LogP contribution is -1.89. The van der Waals surface area contributed by atoms with Crippen molar-refractivity contribution in [1.29, 1.82) is 0 Å². The summed E-state index contributed by atoms with van der Waals surface area (Å²) >= 11 is 1.47. The van der Waals surface area contributed by atoms with Gasteiger partial charge < -0.3 is 14.3 Å². The van der Waals surface area contributed by atoms with E-state index in [1.165, 1.54) is 11.3 Å². The van der Waals surface area contributed by atoms with Crippen LogP contribution < -0.4 is 10.1 Å². The maximum absolute atomic E-state index is 9.32. The Labute approximate surface area is 140 Å². The molecule has 7 nitrogen and oxygen atoms in total. The molecule has 0 aliphatic rings. The lowest BCUT2D eigenvalue weighted by atomic mass is 10.2. The zero-order valence-corrected chi connectivity index (χ0v) is 13.4. The van der Waals surface area contributed by atoms with Gasteiger partial charge in [0.05, 0.1) is 11.8 Å². The third-order valence-electron chi connectivity index (χ3n) is 3.35. The Bertz CT molecular complexity index is 994. The molecular formula is C16H12N4O3S. The second-order valence-corrected chi connectivity index (χ2v) is 5.94. The highest BCUT2D eigenvalue weighted by Crippen LogP contribution is 2.33. The number of aromatic hydroxyl groups is 1. The summed E-state index contributed by atoms with van der Waals surface area (Å²) in [5.41, 5.74) is 1.50. The van der Waals surface area contributed by atoms with E-state index < -0.39 is 0 Å². The fraction of sp³-hybridized carbons (Fsp3) is 0.0625. The Kier molecular flexibility index (Phi) is 3.51. The minimum Gasteiger partial charge on any atom is -0.508 e. The number of methoxy groups -OCH3 is 1.